The summed E-state index contributed by atoms with van der Waals surface area (Å²) in [5, 5.41) is 12.8. The molecule has 0 aliphatic carbocycles. The first-order valence-corrected chi connectivity index (χ1v) is 6.23. The van der Waals surface area contributed by atoms with Gasteiger partial charge in [0.2, 0.25) is 0 Å². The Bertz CT molecular complexity index is 553. The van der Waals surface area contributed by atoms with E-state index in [0.29, 0.717) is 5.71 Å². The van der Waals surface area contributed by atoms with E-state index < -0.39 is 12.0 Å². The number of carbonyl (C=O) groups is 2. The van der Waals surface area contributed by atoms with Gasteiger partial charge in [-0.1, -0.05) is 24.6 Å². The number of nitrogens with zero attached hydrogens (tertiary/aromatic N) is 1. The van der Waals surface area contributed by atoms with Gasteiger partial charge in [-0.15, -0.1) is 0 Å². The summed E-state index contributed by atoms with van der Waals surface area (Å²) in [5.41, 5.74) is 10.5. The summed E-state index contributed by atoms with van der Waals surface area (Å²) in [6.45, 7) is 5.52. The van der Waals surface area contributed by atoms with E-state index in [0.717, 1.165) is 16.7 Å². The molecule has 0 unspecified atom stereocenters. The summed E-state index contributed by atoms with van der Waals surface area (Å²) in [6, 6.07) is 4.99. The number of benzene rings is 1. The maximum atomic E-state index is 10.8. The smallest absolute Gasteiger partial charge is 0.332 e. The second-order valence-electron chi connectivity index (χ2n) is 4.76. The van der Waals surface area contributed by atoms with E-state index in [2.05, 4.69) is 10.5 Å². The van der Waals surface area contributed by atoms with Crippen molar-refractivity contribution in [1.29, 1.82) is 0 Å². The van der Waals surface area contributed by atoms with Crippen molar-refractivity contribution in [3.8, 4) is 0 Å². The van der Waals surface area contributed by atoms with Gasteiger partial charge in [0, 0.05) is 5.56 Å². The summed E-state index contributed by atoms with van der Waals surface area (Å²) >= 11 is 0. The molecular formula is C14H19N3O3. The van der Waals surface area contributed by atoms with Crippen LogP contribution in [0.3, 0.4) is 0 Å². The van der Waals surface area contributed by atoms with Gasteiger partial charge in [-0.3, -0.25) is 4.79 Å². The quantitative estimate of drug-likeness (QED) is 0.566. The third-order valence-electron chi connectivity index (χ3n) is 2.94. The molecular weight excluding hydrogens is 258 g/mol. The average Bonchev–Trinajstić information content (AvgIpc) is 2.34. The first-order valence-electron chi connectivity index (χ1n) is 6.23. The van der Waals surface area contributed by atoms with Crippen molar-refractivity contribution in [2.75, 3.05) is 0 Å². The number of nitrogens with one attached hydrogen (secondary N) is 1. The van der Waals surface area contributed by atoms with Gasteiger partial charge in [0.1, 0.15) is 0 Å². The Morgan fingerprint density at radius 2 is 2.10 bits per heavy atom. The minimum atomic E-state index is -0.853. The Hall–Kier alpha value is -2.37. The highest BCUT2D eigenvalue weighted by Gasteiger charge is 2.15. The van der Waals surface area contributed by atoms with E-state index in [9.17, 15) is 9.59 Å². The molecule has 1 aromatic carbocycles. The number of hydrogen-bond donors (Lipinski definition) is 3. The van der Waals surface area contributed by atoms with Crippen LogP contribution in [0.5, 0.6) is 0 Å². The van der Waals surface area contributed by atoms with Crippen molar-refractivity contribution >= 4 is 17.7 Å². The summed E-state index contributed by atoms with van der Waals surface area (Å²) in [5.74, 6) is -1.00. The SMILES string of the molecule is C/C(=N/NC(N)=O)c1cc(C)ccc1[C@H](C)CC(=O)O. The lowest BCUT2D eigenvalue weighted by molar-refractivity contribution is -0.137. The summed E-state index contributed by atoms with van der Waals surface area (Å²) in [6.07, 6.45) is 0.0343. The van der Waals surface area contributed by atoms with Gasteiger partial charge >= 0.3 is 12.0 Å². The van der Waals surface area contributed by atoms with Crippen LogP contribution < -0.4 is 11.2 Å². The van der Waals surface area contributed by atoms with Crippen molar-refractivity contribution in [2.45, 2.75) is 33.1 Å². The number of urea groups is 1. The number of carbonyl (C=O) groups excluding carboxylic acids is 1. The second-order valence-corrected chi connectivity index (χ2v) is 4.76. The van der Waals surface area contributed by atoms with Gasteiger partial charge in [0.15, 0.2) is 0 Å². The number of aliphatic carboxylic acids is 1. The molecule has 1 aromatic rings. The molecule has 20 heavy (non-hydrogen) atoms. The number of amides is 2. The van der Waals surface area contributed by atoms with E-state index in [1.54, 1.807) is 6.92 Å². The van der Waals surface area contributed by atoms with E-state index in [1.165, 1.54) is 0 Å². The van der Waals surface area contributed by atoms with E-state index >= 15 is 0 Å². The largest absolute Gasteiger partial charge is 0.481 e. The topological polar surface area (TPSA) is 105 Å². The van der Waals surface area contributed by atoms with Gasteiger partial charge in [-0.05, 0) is 31.4 Å². The van der Waals surface area contributed by atoms with Crippen LogP contribution in [0.1, 0.15) is 42.9 Å². The molecule has 6 nitrogen and oxygen atoms in total. The monoisotopic (exact) mass is 277 g/mol. The van der Waals surface area contributed by atoms with Crippen LogP contribution in [-0.4, -0.2) is 22.8 Å². The lowest BCUT2D eigenvalue weighted by Crippen LogP contribution is -2.25. The first kappa shape index (κ1) is 15.7. The number of hydrazone groups is 1. The van der Waals surface area contributed by atoms with Gasteiger partial charge in [0.05, 0.1) is 12.1 Å². The predicted molar refractivity (Wildman–Crippen MR) is 76.8 cm³/mol. The fourth-order valence-corrected chi connectivity index (χ4v) is 1.98. The van der Waals surface area contributed by atoms with Crippen LogP contribution in [0.2, 0.25) is 0 Å². The minimum Gasteiger partial charge on any atom is -0.481 e. The Labute approximate surface area is 117 Å². The minimum absolute atomic E-state index is 0.0343. The van der Waals surface area contributed by atoms with Crippen molar-refractivity contribution in [3.63, 3.8) is 0 Å². The van der Waals surface area contributed by atoms with E-state index in [4.69, 9.17) is 10.8 Å². The van der Waals surface area contributed by atoms with Crippen LogP contribution in [0.4, 0.5) is 4.79 Å². The van der Waals surface area contributed by atoms with Crippen LogP contribution in [0.15, 0.2) is 23.3 Å². The maximum absolute atomic E-state index is 10.8. The van der Waals surface area contributed by atoms with E-state index in [-0.39, 0.29) is 12.3 Å². The molecule has 0 aliphatic heterocycles. The van der Waals surface area contributed by atoms with Gasteiger partial charge in [-0.2, -0.15) is 5.10 Å². The zero-order valence-corrected chi connectivity index (χ0v) is 11.8. The number of aryl methyl sites for hydroxylation is 1. The lowest BCUT2D eigenvalue weighted by atomic mass is 9.90. The number of hydrogen-bond acceptors (Lipinski definition) is 3. The third-order valence-corrected chi connectivity index (χ3v) is 2.94. The standard InChI is InChI=1S/C14H19N3O3/c1-8-4-5-11(9(2)7-13(18)19)12(6-8)10(3)16-17-14(15)20/h4-6,9H,7H2,1-3H3,(H,18,19)(H3,15,17,20)/b16-10-/t9-/m1/s1. The predicted octanol–water partition coefficient (Wildman–Crippen LogP) is 1.97. The van der Waals surface area contributed by atoms with Crippen LogP contribution >= 0.6 is 0 Å². The van der Waals surface area contributed by atoms with Crippen LogP contribution in [0.25, 0.3) is 0 Å². The number of carboxylic acid groups (broad SMARTS) is 1. The lowest BCUT2D eigenvalue weighted by Gasteiger charge is -2.15. The summed E-state index contributed by atoms with van der Waals surface area (Å²) in [4.78, 5) is 21.5. The fraction of sp³-hybridized carbons (Fsp3) is 0.357. The zero-order valence-electron chi connectivity index (χ0n) is 11.8. The molecule has 0 aliphatic rings. The van der Waals surface area contributed by atoms with Gasteiger partial charge in [-0.25, -0.2) is 10.2 Å². The van der Waals surface area contributed by atoms with Crippen molar-refractivity contribution in [1.82, 2.24) is 5.43 Å². The molecule has 0 heterocycles. The number of nitrogens with two attached hydrogens (primary N) is 1. The molecule has 0 spiro atoms. The molecule has 1 rings (SSSR count). The highest BCUT2D eigenvalue weighted by atomic mass is 16.4. The fourth-order valence-electron chi connectivity index (χ4n) is 1.98. The van der Waals surface area contributed by atoms with Crippen LogP contribution in [0, 0.1) is 6.92 Å². The summed E-state index contributed by atoms with van der Waals surface area (Å²) < 4.78 is 0. The Morgan fingerprint density at radius 1 is 1.45 bits per heavy atom. The second kappa shape index (κ2) is 6.70. The molecule has 0 bridgehead atoms. The molecule has 0 saturated carbocycles. The zero-order chi connectivity index (χ0) is 15.3. The van der Waals surface area contributed by atoms with Crippen LogP contribution in [-0.2, 0) is 4.79 Å². The van der Waals surface area contributed by atoms with E-state index in [1.807, 2.05) is 32.0 Å². The first-order chi connectivity index (χ1) is 9.31. The molecule has 0 aromatic heterocycles. The Morgan fingerprint density at radius 3 is 2.65 bits per heavy atom. The number of primary amides is 1. The molecule has 0 saturated heterocycles. The normalized spacial score (nSPS) is 12.8. The molecule has 108 valence electrons. The maximum Gasteiger partial charge on any atom is 0.332 e. The summed E-state index contributed by atoms with van der Waals surface area (Å²) in [7, 11) is 0. The van der Waals surface area contributed by atoms with Crippen molar-refractivity contribution < 1.29 is 14.7 Å². The Balaban J connectivity index is 3.16. The number of carboxylic acids is 1. The van der Waals surface area contributed by atoms with Crippen molar-refractivity contribution in [3.05, 3.63) is 34.9 Å². The average molecular weight is 277 g/mol. The molecule has 0 radical (unpaired) electrons. The molecule has 0 fully saturated rings. The highest BCUT2D eigenvalue weighted by molar-refractivity contribution is 6.00. The number of rotatable bonds is 5. The van der Waals surface area contributed by atoms with Gasteiger partial charge in [0.25, 0.3) is 0 Å². The molecule has 4 N–H and O–H groups in total. The Kier molecular flexibility index (Phi) is 5.25. The third kappa shape index (κ3) is 4.38. The van der Waals surface area contributed by atoms with Gasteiger partial charge < -0.3 is 10.8 Å². The highest BCUT2D eigenvalue weighted by Crippen LogP contribution is 2.24. The molecule has 6 heteroatoms. The molecule has 2 amide bonds. The van der Waals surface area contributed by atoms with Crippen molar-refractivity contribution in [2.24, 2.45) is 10.8 Å². The molecule has 1 atom stereocenters.